The van der Waals surface area contributed by atoms with Gasteiger partial charge in [-0.05, 0) is 43.5 Å². The Balaban J connectivity index is 2.72. The van der Waals surface area contributed by atoms with Gasteiger partial charge in [-0.2, -0.15) is 0 Å². The second kappa shape index (κ2) is 5.27. The summed E-state index contributed by atoms with van der Waals surface area (Å²) >= 11 is 5.74. The van der Waals surface area contributed by atoms with Crippen LogP contribution in [0.5, 0.6) is 0 Å². The molecule has 0 amide bonds. The van der Waals surface area contributed by atoms with Gasteiger partial charge in [0, 0.05) is 5.02 Å². The smallest absolute Gasteiger partial charge is 0.160 e. The molecular formula is C10H12ClF2N. The molecule has 2 N–H and O–H groups in total. The summed E-state index contributed by atoms with van der Waals surface area (Å²) in [6.07, 6.45) is 2.32. The Morgan fingerprint density at radius 3 is 2.43 bits per heavy atom. The Labute approximate surface area is 86.9 Å². The Bertz CT molecular complexity index is 315. The van der Waals surface area contributed by atoms with E-state index in [0.29, 0.717) is 18.5 Å². The minimum Gasteiger partial charge on any atom is -0.330 e. The fourth-order valence-electron chi connectivity index (χ4n) is 1.22. The number of hydrogen-bond acceptors (Lipinski definition) is 1. The summed E-state index contributed by atoms with van der Waals surface area (Å²) in [7, 11) is 0. The molecule has 14 heavy (non-hydrogen) atoms. The van der Waals surface area contributed by atoms with E-state index in [-0.39, 0.29) is 5.02 Å². The van der Waals surface area contributed by atoms with E-state index in [4.69, 9.17) is 17.3 Å². The molecule has 0 fully saturated rings. The molecule has 0 saturated heterocycles. The van der Waals surface area contributed by atoms with Crippen LogP contribution in [-0.2, 0) is 6.42 Å². The average Bonchev–Trinajstić information content (AvgIpc) is 2.14. The van der Waals surface area contributed by atoms with E-state index in [1.807, 2.05) is 0 Å². The summed E-state index contributed by atoms with van der Waals surface area (Å²) in [6, 6.07) is 2.16. The van der Waals surface area contributed by atoms with Crippen LogP contribution >= 0.6 is 11.6 Å². The van der Waals surface area contributed by atoms with Crippen LogP contribution in [0.25, 0.3) is 0 Å². The van der Waals surface area contributed by atoms with Gasteiger partial charge in [-0.25, -0.2) is 8.78 Å². The van der Waals surface area contributed by atoms with Crippen LogP contribution in [-0.4, -0.2) is 6.54 Å². The largest absolute Gasteiger partial charge is 0.330 e. The summed E-state index contributed by atoms with van der Waals surface area (Å²) in [5, 5.41) is 0.279. The van der Waals surface area contributed by atoms with Crippen LogP contribution in [0.1, 0.15) is 18.4 Å². The van der Waals surface area contributed by atoms with Gasteiger partial charge in [0.25, 0.3) is 0 Å². The first-order chi connectivity index (χ1) is 6.65. The minimum atomic E-state index is -0.905. The summed E-state index contributed by atoms with van der Waals surface area (Å²) in [5.74, 6) is -1.75. The van der Waals surface area contributed by atoms with Crippen LogP contribution in [0.3, 0.4) is 0 Å². The van der Waals surface area contributed by atoms with Crippen molar-refractivity contribution in [2.24, 2.45) is 5.73 Å². The van der Waals surface area contributed by atoms with Crippen molar-refractivity contribution in [3.8, 4) is 0 Å². The van der Waals surface area contributed by atoms with E-state index in [2.05, 4.69) is 0 Å². The van der Waals surface area contributed by atoms with E-state index in [9.17, 15) is 8.78 Å². The van der Waals surface area contributed by atoms with Crippen molar-refractivity contribution in [1.82, 2.24) is 0 Å². The number of nitrogens with two attached hydrogens (primary N) is 1. The van der Waals surface area contributed by atoms with Gasteiger partial charge in [-0.15, -0.1) is 0 Å². The van der Waals surface area contributed by atoms with Crippen molar-refractivity contribution >= 4 is 11.6 Å². The number of aryl methyl sites for hydroxylation is 1. The minimum absolute atomic E-state index is 0.279. The van der Waals surface area contributed by atoms with Crippen molar-refractivity contribution in [2.45, 2.75) is 19.3 Å². The molecule has 0 aliphatic carbocycles. The molecule has 1 aromatic rings. The molecule has 0 radical (unpaired) electrons. The zero-order valence-corrected chi connectivity index (χ0v) is 8.45. The number of rotatable bonds is 4. The number of hydrogen-bond donors (Lipinski definition) is 1. The molecule has 0 unspecified atom stereocenters. The first-order valence-electron chi connectivity index (χ1n) is 4.48. The van der Waals surface area contributed by atoms with E-state index in [0.717, 1.165) is 25.0 Å². The molecule has 1 rings (SSSR count). The highest BCUT2D eigenvalue weighted by Crippen LogP contribution is 2.21. The van der Waals surface area contributed by atoms with Crippen molar-refractivity contribution in [1.29, 1.82) is 0 Å². The van der Waals surface area contributed by atoms with Crippen molar-refractivity contribution in [2.75, 3.05) is 6.54 Å². The Hall–Kier alpha value is -0.670. The van der Waals surface area contributed by atoms with E-state index in [1.165, 1.54) is 0 Å². The maximum Gasteiger partial charge on any atom is 0.160 e. The van der Waals surface area contributed by atoms with Gasteiger partial charge < -0.3 is 5.73 Å². The SMILES string of the molecule is NCCCCc1cc(F)c(F)cc1Cl. The highest BCUT2D eigenvalue weighted by Gasteiger charge is 2.07. The fourth-order valence-corrected chi connectivity index (χ4v) is 1.46. The van der Waals surface area contributed by atoms with E-state index in [1.54, 1.807) is 0 Å². The van der Waals surface area contributed by atoms with Crippen molar-refractivity contribution in [3.05, 3.63) is 34.4 Å². The second-order valence-corrected chi connectivity index (χ2v) is 3.51. The van der Waals surface area contributed by atoms with Gasteiger partial charge in [0.15, 0.2) is 11.6 Å². The molecule has 0 spiro atoms. The van der Waals surface area contributed by atoms with Gasteiger partial charge in [0.2, 0.25) is 0 Å². The van der Waals surface area contributed by atoms with Crippen molar-refractivity contribution in [3.63, 3.8) is 0 Å². The number of unbranched alkanes of at least 4 members (excludes halogenated alkanes) is 1. The van der Waals surface area contributed by atoms with Gasteiger partial charge in [0.05, 0.1) is 0 Å². The van der Waals surface area contributed by atoms with Gasteiger partial charge in [-0.1, -0.05) is 11.6 Å². The summed E-state index contributed by atoms with van der Waals surface area (Å²) in [6.45, 7) is 0.599. The first kappa shape index (κ1) is 11.4. The van der Waals surface area contributed by atoms with E-state index >= 15 is 0 Å². The van der Waals surface area contributed by atoms with Gasteiger partial charge in [0.1, 0.15) is 0 Å². The Morgan fingerprint density at radius 1 is 1.14 bits per heavy atom. The van der Waals surface area contributed by atoms with E-state index < -0.39 is 11.6 Å². The number of halogens is 3. The third-order valence-corrected chi connectivity index (χ3v) is 2.34. The first-order valence-corrected chi connectivity index (χ1v) is 4.86. The number of benzene rings is 1. The molecule has 0 heterocycles. The maximum atomic E-state index is 12.8. The highest BCUT2D eigenvalue weighted by atomic mass is 35.5. The summed E-state index contributed by atoms with van der Waals surface area (Å²) in [5.41, 5.74) is 5.96. The molecule has 0 saturated carbocycles. The summed E-state index contributed by atoms with van der Waals surface area (Å²) in [4.78, 5) is 0. The molecule has 0 aliphatic rings. The molecule has 1 nitrogen and oxygen atoms in total. The lowest BCUT2D eigenvalue weighted by atomic mass is 10.1. The lowest BCUT2D eigenvalue weighted by Crippen LogP contribution is -1.99. The van der Waals surface area contributed by atoms with Gasteiger partial charge in [-0.3, -0.25) is 0 Å². The molecule has 0 bridgehead atoms. The maximum absolute atomic E-state index is 12.8. The fraction of sp³-hybridized carbons (Fsp3) is 0.400. The average molecular weight is 220 g/mol. The Kier molecular flexibility index (Phi) is 4.29. The van der Waals surface area contributed by atoms with Crippen LogP contribution in [0, 0.1) is 11.6 Å². The molecule has 78 valence electrons. The highest BCUT2D eigenvalue weighted by molar-refractivity contribution is 6.31. The predicted molar refractivity (Wildman–Crippen MR) is 53.4 cm³/mol. The van der Waals surface area contributed by atoms with Crippen LogP contribution in [0.4, 0.5) is 8.78 Å². The standard InChI is InChI=1S/C10H12ClF2N/c11-8-6-10(13)9(12)5-7(8)3-1-2-4-14/h5-6H,1-4,14H2. The van der Waals surface area contributed by atoms with Crippen molar-refractivity contribution < 1.29 is 8.78 Å². The topological polar surface area (TPSA) is 26.0 Å². The van der Waals surface area contributed by atoms with Gasteiger partial charge >= 0.3 is 0 Å². The third kappa shape index (κ3) is 2.93. The zero-order chi connectivity index (χ0) is 10.6. The van der Waals surface area contributed by atoms with Crippen LogP contribution < -0.4 is 5.73 Å². The van der Waals surface area contributed by atoms with Crippen LogP contribution in [0.15, 0.2) is 12.1 Å². The lowest BCUT2D eigenvalue weighted by Gasteiger charge is -2.04. The Morgan fingerprint density at radius 2 is 1.79 bits per heavy atom. The lowest BCUT2D eigenvalue weighted by molar-refractivity contribution is 0.506. The quantitative estimate of drug-likeness (QED) is 0.612. The normalized spacial score (nSPS) is 10.6. The second-order valence-electron chi connectivity index (χ2n) is 3.10. The third-order valence-electron chi connectivity index (χ3n) is 1.99. The molecule has 0 aromatic heterocycles. The molecule has 1 aromatic carbocycles. The summed E-state index contributed by atoms with van der Waals surface area (Å²) < 4.78 is 25.5. The monoisotopic (exact) mass is 219 g/mol. The molecular weight excluding hydrogens is 208 g/mol. The molecule has 4 heteroatoms. The van der Waals surface area contributed by atoms with Crippen LogP contribution in [0.2, 0.25) is 5.02 Å². The molecule has 0 aliphatic heterocycles. The predicted octanol–water partition coefficient (Wildman–Crippen LogP) is 2.90. The zero-order valence-electron chi connectivity index (χ0n) is 7.69. The molecule has 0 atom stereocenters.